The molecule has 3 rings (SSSR count). The third-order valence-electron chi connectivity index (χ3n) is 4.82. The van der Waals surface area contributed by atoms with Crippen LogP contribution in [0.4, 0.5) is 10.5 Å². The predicted molar refractivity (Wildman–Crippen MR) is 133 cm³/mol. The second kappa shape index (κ2) is 12.6. The van der Waals surface area contributed by atoms with Crippen molar-refractivity contribution in [3.05, 3.63) is 94.0 Å². The van der Waals surface area contributed by atoms with Gasteiger partial charge in [0, 0.05) is 28.7 Å². The van der Waals surface area contributed by atoms with Crippen LogP contribution in [-0.2, 0) is 22.5 Å². The molecule has 0 aliphatic heterocycles. The summed E-state index contributed by atoms with van der Waals surface area (Å²) in [5.41, 5.74) is 3.02. The van der Waals surface area contributed by atoms with Crippen molar-refractivity contribution < 1.29 is 23.9 Å². The lowest BCUT2D eigenvalue weighted by molar-refractivity contribution is -0.116. The number of hydrogen-bond acceptors (Lipinski definition) is 5. The molecule has 3 aromatic carbocycles. The molecular weight excluding hydrogens is 500 g/mol. The van der Waals surface area contributed by atoms with Crippen LogP contribution in [0.2, 0.25) is 0 Å². The average Bonchev–Trinajstić information content (AvgIpc) is 2.83. The number of rotatable bonds is 9. The highest BCUT2D eigenvalue weighted by molar-refractivity contribution is 9.10. The second-order valence-corrected chi connectivity index (χ2v) is 8.19. The van der Waals surface area contributed by atoms with Gasteiger partial charge in [-0.3, -0.25) is 9.59 Å². The van der Waals surface area contributed by atoms with Gasteiger partial charge in [0.2, 0.25) is 5.91 Å². The molecule has 2 N–H and O–H groups in total. The predicted octanol–water partition coefficient (Wildman–Crippen LogP) is 5.49. The Labute approximate surface area is 206 Å². The summed E-state index contributed by atoms with van der Waals surface area (Å²) >= 11 is 3.50. The minimum Gasteiger partial charge on any atom is -0.434 e. The topological polar surface area (TPSA) is 93.7 Å². The van der Waals surface area contributed by atoms with Gasteiger partial charge in [-0.25, -0.2) is 4.79 Å². The zero-order valence-electron chi connectivity index (χ0n) is 18.7. The fourth-order valence-electron chi connectivity index (χ4n) is 3.13. The first-order valence-electron chi connectivity index (χ1n) is 10.8. The summed E-state index contributed by atoms with van der Waals surface area (Å²) in [6.07, 6.45) is 0.200. The number of carbonyl (C=O) groups is 3. The lowest BCUT2D eigenvalue weighted by atomic mass is 10.1. The molecule has 7 nitrogen and oxygen atoms in total. The van der Waals surface area contributed by atoms with Crippen LogP contribution in [0.1, 0.15) is 34.8 Å². The van der Waals surface area contributed by atoms with Crippen molar-refractivity contribution in [3.63, 3.8) is 0 Å². The van der Waals surface area contributed by atoms with Crippen LogP contribution in [0, 0.1) is 0 Å². The number of anilines is 1. The van der Waals surface area contributed by atoms with E-state index in [2.05, 4.69) is 26.6 Å². The highest BCUT2D eigenvalue weighted by atomic mass is 79.9. The molecule has 0 bridgehead atoms. The average molecular weight is 525 g/mol. The van der Waals surface area contributed by atoms with Crippen molar-refractivity contribution in [1.82, 2.24) is 5.32 Å². The van der Waals surface area contributed by atoms with E-state index in [1.54, 1.807) is 19.1 Å². The summed E-state index contributed by atoms with van der Waals surface area (Å²) in [6.45, 7) is 2.19. The number of amides is 2. The molecule has 0 saturated heterocycles. The fourth-order valence-corrected chi connectivity index (χ4v) is 3.62. The maximum absolute atomic E-state index is 12.4. The van der Waals surface area contributed by atoms with Gasteiger partial charge in [0.15, 0.2) is 0 Å². The van der Waals surface area contributed by atoms with Gasteiger partial charge >= 0.3 is 6.16 Å². The molecule has 0 radical (unpaired) electrons. The van der Waals surface area contributed by atoms with Gasteiger partial charge in [-0.15, -0.1) is 0 Å². The smallest absolute Gasteiger partial charge is 0.434 e. The second-order valence-electron chi connectivity index (χ2n) is 7.33. The zero-order valence-corrected chi connectivity index (χ0v) is 20.3. The van der Waals surface area contributed by atoms with Gasteiger partial charge in [0.25, 0.3) is 5.91 Å². The van der Waals surface area contributed by atoms with Crippen molar-refractivity contribution in [2.75, 3.05) is 11.9 Å². The molecule has 2 amide bonds. The molecule has 0 aliphatic carbocycles. The number of nitrogens with one attached hydrogen (secondary N) is 2. The Morgan fingerprint density at radius 2 is 1.71 bits per heavy atom. The van der Waals surface area contributed by atoms with Gasteiger partial charge < -0.3 is 20.1 Å². The monoisotopic (exact) mass is 524 g/mol. The summed E-state index contributed by atoms with van der Waals surface area (Å²) < 4.78 is 10.7. The Bertz CT molecular complexity index is 1150. The Morgan fingerprint density at radius 1 is 0.941 bits per heavy atom. The Hall–Kier alpha value is -3.65. The highest BCUT2D eigenvalue weighted by Crippen LogP contribution is 2.18. The molecule has 3 aromatic rings. The van der Waals surface area contributed by atoms with E-state index >= 15 is 0 Å². The molecule has 0 aromatic heterocycles. The van der Waals surface area contributed by atoms with E-state index in [-0.39, 0.29) is 24.2 Å². The number of carbonyl (C=O) groups excluding carboxylic acids is 3. The number of benzene rings is 3. The summed E-state index contributed by atoms with van der Waals surface area (Å²) in [5.74, 6) is -0.0642. The number of aryl methyl sites for hydroxylation is 1. The first-order chi connectivity index (χ1) is 16.4. The molecule has 34 heavy (non-hydrogen) atoms. The summed E-state index contributed by atoms with van der Waals surface area (Å²) in [4.78, 5) is 36.2. The van der Waals surface area contributed by atoms with Crippen LogP contribution in [0.25, 0.3) is 0 Å². The zero-order chi connectivity index (χ0) is 24.3. The van der Waals surface area contributed by atoms with E-state index in [4.69, 9.17) is 9.47 Å². The number of halogens is 1. The first kappa shape index (κ1) is 25.0. The summed E-state index contributed by atoms with van der Waals surface area (Å²) in [5, 5.41) is 5.74. The van der Waals surface area contributed by atoms with Gasteiger partial charge in [0.1, 0.15) is 5.75 Å². The third kappa shape index (κ3) is 7.74. The minimum atomic E-state index is -0.792. The highest BCUT2D eigenvalue weighted by Gasteiger charge is 2.09. The Morgan fingerprint density at radius 3 is 2.44 bits per heavy atom. The van der Waals surface area contributed by atoms with E-state index in [0.717, 1.165) is 15.6 Å². The van der Waals surface area contributed by atoms with E-state index in [0.29, 0.717) is 30.6 Å². The third-order valence-corrected chi connectivity index (χ3v) is 5.60. The largest absolute Gasteiger partial charge is 0.513 e. The van der Waals surface area contributed by atoms with Crippen molar-refractivity contribution >= 4 is 39.6 Å². The van der Waals surface area contributed by atoms with Crippen molar-refractivity contribution in [2.45, 2.75) is 26.3 Å². The Kier molecular flexibility index (Phi) is 9.22. The summed E-state index contributed by atoms with van der Waals surface area (Å²) in [6, 6.07) is 21.3. The van der Waals surface area contributed by atoms with Crippen LogP contribution in [0.5, 0.6) is 5.75 Å². The van der Waals surface area contributed by atoms with Crippen LogP contribution in [0.15, 0.2) is 77.3 Å². The maximum Gasteiger partial charge on any atom is 0.513 e. The lowest BCUT2D eigenvalue weighted by Gasteiger charge is -2.10. The molecule has 0 heterocycles. The van der Waals surface area contributed by atoms with E-state index < -0.39 is 6.16 Å². The van der Waals surface area contributed by atoms with E-state index in [9.17, 15) is 14.4 Å². The molecule has 0 unspecified atom stereocenters. The molecule has 8 heteroatoms. The quantitative estimate of drug-likeness (QED) is 0.285. The van der Waals surface area contributed by atoms with Crippen LogP contribution < -0.4 is 15.4 Å². The molecule has 0 spiro atoms. The van der Waals surface area contributed by atoms with Crippen LogP contribution in [-0.4, -0.2) is 24.6 Å². The fraction of sp³-hybridized carbons (Fsp3) is 0.192. The maximum atomic E-state index is 12.4. The normalized spacial score (nSPS) is 10.3. The van der Waals surface area contributed by atoms with Gasteiger partial charge in [-0.05, 0) is 66.9 Å². The number of ether oxygens (including phenoxy) is 2. The molecule has 176 valence electrons. The molecule has 0 saturated carbocycles. The van der Waals surface area contributed by atoms with Crippen molar-refractivity contribution in [1.29, 1.82) is 0 Å². The van der Waals surface area contributed by atoms with Crippen molar-refractivity contribution in [3.8, 4) is 5.75 Å². The van der Waals surface area contributed by atoms with Crippen molar-refractivity contribution in [2.24, 2.45) is 0 Å². The first-order valence-corrected chi connectivity index (χ1v) is 11.6. The summed E-state index contributed by atoms with van der Waals surface area (Å²) in [7, 11) is 0. The van der Waals surface area contributed by atoms with E-state index in [1.807, 2.05) is 48.5 Å². The number of hydrogen-bond donors (Lipinski definition) is 2. The molecule has 0 atom stereocenters. The Balaban J connectivity index is 1.49. The van der Waals surface area contributed by atoms with Crippen LogP contribution >= 0.6 is 15.9 Å². The lowest BCUT2D eigenvalue weighted by Crippen LogP contribution is -2.22. The van der Waals surface area contributed by atoms with Gasteiger partial charge in [-0.2, -0.15) is 0 Å². The van der Waals surface area contributed by atoms with Crippen LogP contribution in [0.3, 0.4) is 0 Å². The standard InChI is InChI=1S/C26H25BrN2O5/c1-2-33-26(32)34-22-13-10-20(11-14-22)25(31)28-17-18-6-5-8-21(16-18)29-24(30)15-12-19-7-3-4-9-23(19)27/h3-11,13-14,16H,2,12,15,17H2,1H3,(H,28,31)(H,29,30). The molecule has 0 aliphatic rings. The molecular formula is C26H25BrN2O5. The molecule has 0 fully saturated rings. The minimum absolute atomic E-state index is 0.0814. The van der Waals surface area contributed by atoms with Gasteiger partial charge in [-0.1, -0.05) is 46.3 Å². The van der Waals surface area contributed by atoms with E-state index in [1.165, 1.54) is 12.1 Å². The SMILES string of the molecule is CCOC(=O)Oc1ccc(C(=O)NCc2cccc(NC(=O)CCc3ccccc3Br)c2)cc1. The van der Waals surface area contributed by atoms with Gasteiger partial charge in [0.05, 0.1) is 6.61 Å².